The molecule has 4 fully saturated rings. The lowest BCUT2D eigenvalue weighted by Crippen LogP contribution is -2.53. The minimum Gasteiger partial charge on any atom is -0.453 e. The first-order chi connectivity index (χ1) is 32.6. The molecule has 18 heteroatoms. The number of imidazole rings is 2. The van der Waals surface area contributed by atoms with Gasteiger partial charge in [-0.25, -0.2) is 28.3 Å². The molecule has 352 valence electrons. The van der Waals surface area contributed by atoms with Gasteiger partial charge < -0.3 is 49.8 Å². The number of methoxy groups -OCH3 is 1. The molecule has 16 nitrogen and oxygen atoms in total. The Bertz CT molecular complexity index is 2520. The van der Waals surface area contributed by atoms with Crippen molar-refractivity contribution in [3.05, 3.63) is 125 Å². The lowest BCUT2D eigenvalue weighted by molar-refractivity contribution is -0.135. The maximum atomic E-state index is 16.0. The number of hydrogen-bond acceptors (Lipinski definition) is 9. The molecule has 4 aliphatic rings. The van der Waals surface area contributed by atoms with Crippen LogP contribution in [0.3, 0.4) is 0 Å². The van der Waals surface area contributed by atoms with E-state index in [0.29, 0.717) is 87.9 Å². The van der Waals surface area contributed by atoms with Crippen LogP contribution in [0.1, 0.15) is 97.1 Å². The number of rotatable bonds is 11. The largest absolute Gasteiger partial charge is 0.453 e. The van der Waals surface area contributed by atoms with E-state index in [1.165, 1.54) is 25.4 Å². The second-order valence-electron chi connectivity index (χ2n) is 17.9. The number of H-pyrrole nitrogens is 2. The molecule has 0 radical (unpaired) electrons. The molecule has 0 aliphatic carbocycles. The summed E-state index contributed by atoms with van der Waals surface area (Å²) in [5, 5.41) is 5.71. The van der Waals surface area contributed by atoms with Crippen LogP contribution in [0, 0.1) is 11.6 Å². The zero-order chi connectivity index (χ0) is 46.6. The lowest BCUT2D eigenvalue weighted by Gasteiger charge is -2.34. The highest BCUT2D eigenvalue weighted by molar-refractivity contribution is 5.89. The molecule has 5 aromatic rings. The van der Waals surface area contributed by atoms with Crippen molar-refractivity contribution in [3.8, 4) is 11.3 Å². The van der Waals surface area contributed by atoms with E-state index >= 15 is 8.78 Å². The smallest absolute Gasteiger partial charge is 0.407 e. The number of piperidine rings is 1. The van der Waals surface area contributed by atoms with Crippen molar-refractivity contribution in [2.75, 3.05) is 71.4 Å². The molecule has 0 spiro atoms. The number of amides is 5. The Morgan fingerprint density at radius 2 is 1.22 bits per heavy atom. The molecular weight excluding hydrogens is 861 g/mol. The highest BCUT2D eigenvalue weighted by Crippen LogP contribution is 2.39. The Morgan fingerprint density at radius 1 is 0.687 bits per heavy atom. The predicted molar refractivity (Wildman–Crippen MR) is 246 cm³/mol. The van der Waals surface area contributed by atoms with Gasteiger partial charge in [0.25, 0.3) is 5.91 Å². The summed E-state index contributed by atoms with van der Waals surface area (Å²) in [5.74, 6) is -0.641. The number of likely N-dealkylation sites (N-methyl/N-ethyl adjacent to an activating group) is 1. The quantitative estimate of drug-likeness (QED) is 0.114. The van der Waals surface area contributed by atoms with Crippen LogP contribution in [0.15, 0.2) is 85.2 Å². The van der Waals surface area contributed by atoms with Crippen molar-refractivity contribution in [2.45, 2.75) is 68.6 Å². The predicted octanol–water partition coefficient (Wildman–Crippen LogP) is 6.58. The van der Waals surface area contributed by atoms with E-state index in [-0.39, 0.29) is 41.1 Å². The fourth-order valence-electron chi connectivity index (χ4n) is 10.0. The molecule has 4 saturated heterocycles. The van der Waals surface area contributed by atoms with E-state index in [2.05, 4.69) is 30.5 Å². The van der Waals surface area contributed by atoms with Crippen molar-refractivity contribution in [2.24, 2.45) is 0 Å². The number of carbonyl (C=O) groups excluding carboxylic acids is 4. The molecule has 4 aliphatic heterocycles. The van der Waals surface area contributed by atoms with Gasteiger partial charge in [0.15, 0.2) is 0 Å². The summed E-state index contributed by atoms with van der Waals surface area (Å²) in [6, 6.07) is 18.1. The summed E-state index contributed by atoms with van der Waals surface area (Å²) in [5.41, 5.74) is 2.85. The molecule has 67 heavy (non-hydrogen) atoms. The van der Waals surface area contributed by atoms with Crippen LogP contribution in [0.25, 0.3) is 11.3 Å². The number of piperazine rings is 1. The first-order valence-corrected chi connectivity index (χ1v) is 23.2. The summed E-state index contributed by atoms with van der Waals surface area (Å²) >= 11 is 0. The number of aromatic amines is 2. The van der Waals surface area contributed by atoms with E-state index in [9.17, 15) is 19.2 Å². The summed E-state index contributed by atoms with van der Waals surface area (Å²) in [4.78, 5) is 79.2. The number of alkyl carbamates (subject to hydrolysis) is 1. The van der Waals surface area contributed by atoms with E-state index in [1.54, 1.807) is 39.0 Å². The van der Waals surface area contributed by atoms with Crippen molar-refractivity contribution >= 4 is 29.6 Å². The maximum Gasteiger partial charge on any atom is 0.407 e. The van der Waals surface area contributed by atoms with Gasteiger partial charge in [0.2, 0.25) is 5.91 Å². The molecule has 4 atom stereocenters. The van der Waals surface area contributed by atoms with Crippen molar-refractivity contribution in [3.63, 3.8) is 0 Å². The second kappa shape index (κ2) is 20.0. The Hall–Kier alpha value is -6.82. The van der Waals surface area contributed by atoms with Gasteiger partial charge in [-0.3, -0.25) is 9.59 Å². The minimum atomic E-state index is -0.977. The number of aromatic nitrogens is 4. The average Bonchev–Trinajstić information content (AvgIpc) is 4.21. The van der Waals surface area contributed by atoms with Gasteiger partial charge in [-0.15, -0.1) is 0 Å². The molecule has 5 amide bonds. The fraction of sp³-hybridized carbons (Fsp3) is 0.429. The molecule has 4 N–H and O–H groups in total. The van der Waals surface area contributed by atoms with E-state index < -0.39 is 35.9 Å². The number of halogens is 2. The summed E-state index contributed by atoms with van der Waals surface area (Å²) < 4.78 is 36.8. The van der Waals surface area contributed by atoms with Gasteiger partial charge in [0.1, 0.15) is 41.1 Å². The van der Waals surface area contributed by atoms with Crippen LogP contribution in [0.4, 0.5) is 24.1 Å². The maximum absolute atomic E-state index is 16.0. The molecule has 0 bridgehead atoms. The van der Waals surface area contributed by atoms with Crippen molar-refractivity contribution in [1.82, 2.24) is 50.2 Å². The summed E-state index contributed by atoms with van der Waals surface area (Å²) in [7, 11) is 3.27. The first kappa shape index (κ1) is 45.3. The number of nitrogens with zero attached hydrogens (tertiary/aromatic N) is 7. The van der Waals surface area contributed by atoms with Crippen LogP contribution >= 0.6 is 0 Å². The van der Waals surface area contributed by atoms with Crippen LogP contribution < -0.4 is 15.5 Å². The summed E-state index contributed by atoms with van der Waals surface area (Å²) in [6.45, 7) is 4.53. The van der Waals surface area contributed by atoms with Crippen LogP contribution in [-0.4, -0.2) is 130 Å². The molecule has 2 aromatic heterocycles. The number of ether oxygens (including phenoxy) is 1. The molecular formula is C49H57F2N11O5. The Balaban J connectivity index is 0.836. The number of urea groups is 1. The van der Waals surface area contributed by atoms with Crippen molar-refractivity contribution < 1.29 is 32.7 Å². The summed E-state index contributed by atoms with van der Waals surface area (Å²) in [6.07, 6.45) is 6.70. The minimum absolute atomic E-state index is 0.0676. The van der Waals surface area contributed by atoms with Gasteiger partial charge in [-0.2, -0.15) is 0 Å². The fourth-order valence-corrected chi connectivity index (χ4v) is 10.0. The third-order valence-corrected chi connectivity index (χ3v) is 13.8. The highest BCUT2D eigenvalue weighted by Gasteiger charge is 2.39. The van der Waals surface area contributed by atoms with Crippen LogP contribution in [0.2, 0.25) is 0 Å². The average molecular weight is 918 g/mol. The van der Waals surface area contributed by atoms with Gasteiger partial charge in [-0.1, -0.05) is 60.7 Å². The van der Waals surface area contributed by atoms with Crippen molar-refractivity contribution in [1.29, 1.82) is 0 Å². The topological polar surface area (TPSA) is 175 Å². The third kappa shape index (κ3) is 9.71. The Morgan fingerprint density at radius 3 is 1.79 bits per heavy atom. The lowest BCUT2D eigenvalue weighted by atomic mass is 9.93. The Kier molecular flexibility index (Phi) is 13.5. The van der Waals surface area contributed by atoms with Crippen LogP contribution in [-0.2, 0) is 14.3 Å². The highest BCUT2D eigenvalue weighted by atomic mass is 19.1. The Labute approximate surface area is 388 Å². The van der Waals surface area contributed by atoms with E-state index in [1.807, 2.05) is 54.5 Å². The SMILES string of the molecule is COC(=O)N[C@@H](C(=O)N1CCC[C@H]1c1ncc(-c2cc(F)c(N3CCC(c4cnc([C@@H]5CCCN5C(=O)[C@H](NC(=O)N5CCN(C)CC5)c5ccccc5)[nH]4)CC3)c(F)c2)[nH]1)c1ccccc1. The number of hydrogen-bond donors (Lipinski definition) is 4. The van der Waals surface area contributed by atoms with Gasteiger partial charge in [0, 0.05) is 75.7 Å². The third-order valence-electron chi connectivity index (χ3n) is 13.8. The number of likely N-dealkylation sites (tertiary alicyclic amines) is 2. The van der Waals surface area contributed by atoms with Gasteiger partial charge in [-0.05, 0) is 68.8 Å². The zero-order valence-corrected chi connectivity index (χ0v) is 37.8. The van der Waals surface area contributed by atoms with Crippen LogP contribution in [0.5, 0.6) is 0 Å². The molecule has 3 aromatic carbocycles. The number of anilines is 1. The molecule has 9 rings (SSSR count). The standard InChI is InChI=1S/C49H57F2N11O5/c1-58-23-25-60(26-24-58)48(65)56-41(32-11-5-3-6-12-32)46(63)61-19-9-15-39(61)44-52-29-37(54-44)31-17-21-59(22-18-31)43-35(50)27-34(28-36(43)51)38-30-53-45(55-38)40-16-10-20-62(40)47(64)42(57-49(66)67-2)33-13-7-4-8-14-33/h3-8,11-14,27-31,39-42H,9-10,15-26H2,1-2H3,(H,52,54)(H,53,55)(H,56,65)(H,57,66)/t39-,40-,41+,42+/m0/s1. The zero-order valence-electron chi connectivity index (χ0n) is 37.8. The molecule has 6 heterocycles. The molecule has 0 unspecified atom stereocenters. The number of nitrogens with one attached hydrogen (secondary N) is 4. The first-order valence-electron chi connectivity index (χ1n) is 23.2. The normalized spacial score (nSPS) is 20.2. The van der Waals surface area contributed by atoms with E-state index in [0.717, 1.165) is 37.2 Å². The number of benzene rings is 3. The van der Waals surface area contributed by atoms with Gasteiger partial charge in [0.05, 0.1) is 31.1 Å². The second-order valence-corrected chi connectivity index (χ2v) is 17.9. The van der Waals surface area contributed by atoms with Gasteiger partial charge >= 0.3 is 12.1 Å². The monoisotopic (exact) mass is 917 g/mol. The van der Waals surface area contributed by atoms with E-state index in [4.69, 9.17) is 9.72 Å². The number of carbonyl (C=O) groups is 4. The molecule has 0 saturated carbocycles.